The van der Waals surface area contributed by atoms with Gasteiger partial charge in [-0.05, 0) is 18.0 Å². The molecule has 0 spiro atoms. The second kappa shape index (κ2) is 9.96. The van der Waals surface area contributed by atoms with Gasteiger partial charge in [0.25, 0.3) is 0 Å². The standard InChI is InChI=1S/C7H13ClO.C2H6/c1-3-4-5-6(2)7(8)9;1-2/h6H,3-5H2,1-2H3;1-2H3. The van der Waals surface area contributed by atoms with Crippen molar-refractivity contribution in [1.29, 1.82) is 0 Å². The van der Waals surface area contributed by atoms with Gasteiger partial charge in [-0.1, -0.05) is 40.5 Å². The lowest BCUT2D eigenvalue weighted by Gasteiger charge is -2.01. The SMILES string of the molecule is CC.CCCCC(C)C(=O)Cl. The van der Waals surface area contributed by atoms with Crippen LogP contribution in [0, 0.1) is 5.92 Å². The van der Waals surface area contributed by atoms with Crippen molar-refractivity contribution in [1.82, 2.24) is 0 Å². The predicted octanol–water partition coefficient (Wildman–Crippen LogP) is 3.60. The Morgan fingerprint density at radius 1 is 1.45 bits per heavy atom. The van der Waals surface area contributed by atoms with Crippen molar-refractivity contribution < 1.29 is 4.79 Å². The highest BCUT2D eigenvalue weighted by atomic mass is 35.5. The lowest BCUT2D eigenvalue weighted by Crippen LogP contribution is -2.02. The van der Waals surface area contributed by atoms with E-state index >= 15 is 0 Å². The summed E-state index contributed by atoms with van der Waals surface area (Å²) in [6, 6.07) is 0. The van der Waals surface area contributed by atoms with Crippen LogP contribution in [-0.2, 0) is 4.79 Å². The first-order chi connectivity index (χ1) is 5.18. The van der Waals surface area contributed by atoms with Gasteiger partial charge in [-0.15, -0.1) is 0 Å². The Balaban J connectivity index is 0. The van der Waals surface area contributed by atoms with Gasteiger partial charge in [0.05, 0.1) is 0 Å². The highest BCUT2D eigenvalue weighted by molar-refractivity contribution is 6.63. The van der Waals surface area contributed by atoms with Gasteiger partial charge in [0.1, 0.15) is 0 Å². The van der Waals surface area contributed by atoms with Gasteiger partial charge in [-0.2, -0.15) is 0 Å². The largest absolute Gasteiger partial charge is 0.281 e. The van der Waals surface area contributed by atoms with Crippen LogP contribution in [0.4, 0.5) is 0 Å². The van der Waals surface area contributed by atoms with E-state index in [9.17, 15) is 4.79 Å². The third-order valence-electron chi connectivity index (χ3n) is 1.38. The van der Waals surface area contributed by atoms with Crippen LogP contribution >= 0.6 is 11.6 Å². The van der Waals surface area contributed by atoms with Crippen molar-refractivity contribution >= 4 is 16.8 Å². The van der Waals surface area contributed by atoms with Gasteiger partial charge >= 0.3 is 0 Å². The summed E-state index contributed by atoms with van der Waals surface area (Å²) in [5.74, 6) is 0.0478. The first-order valence-electron chi connectivity index (χ1n) is 4.37. The zero-order valence-electron chi connectivity index (χ0n) is 7.98. The summed E-state index contributed by atoms with van der Waals surface area (Å²) >= 11 is 5.23. The fraction of sp³-hybridized carbons (Fsp3) is 0.889. The maximum absolute atomic E-state index is 10.4. The fourth-order valence-corrected chi connectivity index (χ4v) is 0.733. The van der Waals surface area contributed by atoms with Crippen LogP contribution in [0.25, 0.3) is 0 Å². The minimum atomic E-state index is -0.205. The van der Waals surface area contributed by atoms with Gasteiger partial charge < -0.3 is 0 Å². The molecule has 0 aromatic heterocycles. The molecule has 0 saturated heterocycles. The van der Waals surface area contributed by atoms with E-state index in [1.54, 1.807) is 0 Å². The molecule has 1 atom stereocenters. The summed E-state index contributed by atoms with van der Waals surface area (Å²) in [6.45, 7) is 7.97. The molecule has 0 rings (SSSR count). The van der Waals surface area contributed by atoms with Gasteiger partial charge in [0, 0.05) is 5.92 Å². The van der Waals surface area contributed by atoms with Gasteiger partial charge in [0.15, 0.2) is 0 Å². The number of hydrogen-bond donors (Lipinski definition) is 0. The van der Waals surface area contributed by atoms with Gasteiger partial charge in [-0.3, -0.25) is 4.79 Å². The Kier molecular flexibility index (Phi) is 12.3. The Morgan fingerprint density at radius 3 is 2.18 bits per heavy atom. The quantitative estimate of drug-likeness (QED) is 0.602. The molecule has 0 aliphatic heterocycles. The van der Waals surface area contributed by atoms with Crippen LogP contribution in [0.15, 0.2) is 0 Å². The average molecular weight is 179 g/mol. The Labute approximate surface area is 75.1 Å². The molecule has 0 aliphatic rings. The summed E-state index contributed by atoms with van der Waals surface area (Å²) < 4.78 is 0. The molecule has 11 heavy (non-hydrogen) atoms. The number of unbranched alkanes of at least 4 members (excludes halogenated alkanes) is 1. The van der Waals surface area contributed by atoms with Crippen molar-refractivity contribution in [2.45, 2.75) is 47.0 Å². The van der Waals surface area contributed by atoms with Crippen molar-refractivity contribution in [3.05, 3.63) is 0 Å². The predicted molar refractivity (Wildman–Crippen MR) is 50.9 cm³/mol. The molecule has 0 saturated carbocycles. The van der Waals surface area contributed by atoms with Crippen LogP contribution in [0.2, 0.25) is 0 Å². The Morgan fingerprint density at radius 2 is 1.91 bits per heavy atom. The van der Waals surface area contributed by atoms with E-state index in [-0.39, 0.29) is 11.2 Å². The number of carbonyl (C=O) groups excluding carboxylic acids is 1. The van der Waals surface area contributed by atoms with E-state index in [2.05, 4.69) is 6.92 Å². The summed E-state index contributed by atoms with van der Waals surface area (Å²) in [5, 5.41) is -0.205. The molecule has 68 valence electrons. The number of halogens is 1. The van der Waals surface area contributed by atoms with Crippen molar-refractivity contribution in [2.75, 3.05) is 0 Å². The van der Waals surface area contributed by atoms with Crippen molar-refractivity contribution in [3.8, 4) is 0 Å². The van der Waals surface area contributed by atoms with Crippen LogP contribution in [0.1, 0.15) is 47.0 Å². The molecule has 0 N–H and O–H groups in total. The van der Waals surface area contributed by atoms with Gasteiger partial charge in [-0.25, -0.2) is 0 Å². The minimum Gasteiger partial charge on any atom is -0.281 e. The van der Waals surface area contributed by atoms with Crippen LogP contribution < -0.4 is 0 Å². The monoisotopic (exact) mass is 178 g/mol. The van der Waals surface area contributed by atoms with Crippen LogP contribution in [0.3, 0.4) is 0 Å². The second-order valence-electron chi connectivity index (χ2n) is 2.35. The van der Waals surface area contributed by atoms with E-state index in [0.717, 1.165) is 19.3 Å². The molecule has 0 heterocycles. The molecule has 2 heteroatoms. The maximum atomic E-state index is 10.4. The van der Waals surface area contributed by atoms with E-state index < -0.39 is 0 Å². The molecule has 0 bridgehead atoms. The van der Waals surface area contributed by atoms with E-state index in [1.165, 1.54) is 0 Å². The smallest absolute Gasteiger partial charge is 0.224 e. The molecule has 0 aliphatic carbocycles. The molecule has 0 radical (unpaired) electrons. The first kappa shape index (κ1) is 13.5. The van der Waals surface area contributed by atoms with Crippen molar-refractivity contribution in [2.24, 2.45) is 5.92 Å². The molecule has 0 amide bonds. The molecule has 1 nitrogen and oxygen atoms in total. The van der Waals surface area contributed by atoms with E-state index in [0.29, 0.717) is 0 Å². The highest BCUT2D eigenvalue weighted by Gasteiger charge is 2.07. The van der Waals surface area contributed by atoms with Gasteiger partial charge in [0.2, 0.25) is 5.24 Å². The zero-order chi connectivity index (χ0) is 9.28. The second-order valence-corrected chi connectivity index (χ2v) is 2.72. The fourth-order valence-electron chi connectivity index (χ4n) is 0.624. The highest BCUT2D eigenvalue weighted by Crippen LogP contribution is 2.09. The average Bonchev–Trinajstić information content (AvgIpc) is 2.03. The van der Waals surface area contributed by atoms with E-state index in [4.69, 9.17) is 11.6 Å². The lowest BCUT2D eigenvalue weighted by molar-refractivity contribution is -0.114. The van der Waals surface area contributed by atoms with Crippen molar-refractivity contribution in [3.63, 3.8) is 0 Å². The lowest BCUT2D eigenvalue weighted by atomic mass is 10.1. The summed E-state index contributed by atoms with van der Waals surface area (Å²) in [5.41, 5.74) is 0. The first-order valence-corrected chi connectivity index (χ1v) is 4.75. The van der Waals surface area contributed by atoms with E-state index in [1.807, 2.05) is 20.8 Å². The summed E-state index contributed by atoms with van der Waals surface area (Å²) in [7, 11) is 0. The normalized spacial score (nSPS) is 11.4. The molecular formula is C9H19ClO. The number of hydrogen-bond acceptors (Lipinski definition) is 1. The molecule has 0 aromatic rings. The third kappa shape index (κ3) is 9.96. The molecule has 1 unspecified atom stereocenters. The van der Waals surface area contributed by atoms with Crippen LogP contribution in [-0.4, -0.2) is 5.24 Å². The van der Waals surface area contributed by atoms with Crippen LogP contribution in [0.5, 0.6) is 0 Å². The number of rotatable bonds is 4. The summed E-state index contributed by atoms with van der Waals surface area (Å²) in [6.07, 6.45) is 3.16. The molecule has 0 fully saturated rings. The number of carbonyl (C=O) groups is 1. The topological polar surface area (TPSA) is 17.1 Å². The Bertz CT molecular complexity index is 91.6. The maximum Gasteiger partial charge on any atom is 0.224 e. The minimum absolute atomic E-state index is 0.0478. The third-order valence-corrected chi connectivity index (χ3v) is 1.75. The Hall–Kier alpha value is -0.0400. The molecule has 0 aromatic carbocycles. The molecular weight excluding hydrogens is 160 g/mol. The zero-order valence-corrected chi connectivity index (χ0v) is 8.74. The summed E-state index contributed by atoms with van der Waals surface area (Å²) in [4.78, 5) is 10.4.